The van der Waals surface area contributed by atoms with Crippen LogP contribution in [0.3, 0.4) is 0 Å². The van der Waals surface area contributed by atoms with Crippen LogP contribution in [-0.2, 0) is 4.79 Å². The molecule has 0 aromatic heterocycles. The molecule has 0 aliphatic carbocycles. The Morgan fingerprint density at radius 1 is 1.50 bits per heavy atom. The molecule has 0 N–H and O–H groups in total. The van der Waals surface area contributed by atoms with Gasteiger partial charge in [-0.25, -0.2) is 0 Å². The first kappa shape index (κ1) is 15.0. The first-order chi connectivity index (χ1) is 8.29. The van der Waals surface area contributed by atoms with E-state index < -0.39 is 0 Å². The summed E-state index contributed by atoms with van der Waals surface area (Å²) in [6.45, 7) is 10.1. The second-order valence-corrected chi connectivity index (χ2v) is 6.24. The molecule has 1 atom stereocenters. The third kappa shape index (κ3) is 3.23. The SMILES string of the molecule is CC(C)CCN1CC(C)(C)N(C)C(CC#N)C1=O. The molecule has 0 spiro atoms. The summed E-state index contributed by atoms with van der Waals surface area (Å²) in [6.07, 6.45) is 1.29. The molecule has 0 saturated carbocycles. The second-order valence-electron chi connectivity index (χ2n) is 6.24. The number of carbonyl (C=O) groups excluding carboxylic acids is 1. The molecule has 1 saturated heterocycles. The van der Waals surface area contributed by atoms with Gasteiger partial charge in [0.25, 0.3) is 0 Å². The number of rotatable bonds is 4. The van der Waals surface area contributed by atoms with Gasteiger partial charge in [-0.1, -0.05) is 13.8 Å². The van der Waals surface area contributed by atoms with Crippen molar-refractivity contribution in [3.8, 4) is 6.07 Å². The monoisotopic (exact) mass is 251 g/mol. The van der Waals surface area contributed by atoms with Crippen LogP contribution in [0.25, 0.3) is 0 Å². The minimum Gasteiger partial charge on any atom is -0.339 e. The number of nitrogens with zero attached hydrogens (tertiary/aromatic N) is 3. The second kappa shape index (κ2) is 5.71. The van der Waals surface area contributed by atoms with Crippen molar-refractivity contribution in [2.24, 2.45) is 5.92 Å². The van der Waals surface area contributed by atoms with Gasteiger partial charge in [-0.3, -0.25) is 9.69 Å². The van der Waals surface area contributed by atoms with Gasteiger partial charge >= 0.3 is 0 Å². The average Bonchev–Trinajstić information content (AvgIpc) is 2.28. The van der Waals surface area contributed by atoms with Crippen LogP contribution < -0.4 is 0 Å². The van der Waals surface area contributed by atoms with Gasteiger partial charge in [0.2, 0.25) is 5.91 Å². The van der Waals surface area contributed by atoms with E-state index in [0.717, 1.165) is 19.5 Å². The first-order valence-corrected chi connectivity index (χ1v) is 6.68. The lowest BCUT2D eigenvalue weighted by atomic mass is 9.93. The normalized spacial score (nSPS) is 24.4. The summed E-state index contributed by atoms with van der Waals surface area (Å²) >= 11 is 0. The van der Waals surface area contributed by atoms with Crippen molar-refractivity contribution in [3.05, 3.63) is 0 Å². The van der Waals surface area contributed by atoms with Crippen LogP contribution in [-0.4, -0.2) is 47.4 Å². The molecule has 1 unspecified atom stereocenters. The van der Waals surface area contributed by atoms with E-state index in [2.05, 4.69) is 33.8 Å². The van der Waals surface area contributed by atoms with Crippen molar-refractivity contribution in [1.29, 1.82) is 5.26 Å². The molecule has 1 aliphatic rings. The molecule has 18 heavy (non-hydrogen) atoms. The molecule has 0 radical (unpaired) electrons. The predicted molar refractivity (Wildman–Crippen MR) is 71.9 cm³/mol. The average molecular weight is 251 g/mol. The fourth-order valence-corrected chi connectivity index (χ4v) is 2.37. The molecule has 0 aromatic rings. The Bertz CT molecular complexity index is 343. The number of piperazine rings is 1. The maximum Gasteiger partial charge on any atom is 0.241 e. The first-order valence-electron chi connectivity index (χ1n) is 6.68. The number of amides is 1. The van der Waals surface area contributed by atoms with Crippen LogP contribution in [0.5, 0.6) is 0 Å². The smallest absolute Gasteiger partial charge is 0.241 e. The topological polar surface area (TPSA) is 47.3 Å². The summed E-state index contributed by atoms with van der Waals surface area (Å²) in [5.41, 5.74) is -0.0631. The third-order valence-electron chi connectivity index (χ3n) is 3.86. The fraction of sp³-hybridized carbons (Fsp3) is 0.857. The summed E-state index contributed by atoms with van der Waals surface area (Å²) in [5.74, 6) is 0.703. The summed E-state index contributed by atoms with van der Waals surface area (Å²) in [7, 11) is 1.94. The lowest BCUT2D eigenvalue weighted by Gasteiger charge is -2.49. The van der Waals surface area contributed by atoms with Crippen LogP contribution in [0.2, 0.25) is 0 Å². The van der Waals surface area contributed by atoms with Crippen LogP contribution in [0.15, 0.2) is 0 Å². The Morgan fingerprint density at radius 2 is 2.11 bits per heavy atom. The zero-order valence-electron chi connectivity index (χ0n) is 12.2. The molecule has 0 bridgehead atoms. The predicted octanol–water partition coefficient (Wildman–Crippen LogP) is 1.87. The van der Waals surface area contributed by atoms with Crippen LogP contribution in [0, 0.1) is 17.2 Å². The van der Waals surface area contributed by atoms with Crippen molar-refractivity contribution >= 4 is 5.91 Å². The summed E-state index contributed by atoms with van der Waals surface area (Å²) in [4.78, 5) is 16.3. The maximum absolute atomic E-state index is 12.4. The lowest BCUT2D eigenvalue weighted by Crippen LogP contribution is -2.65. The van der Waals surface area contributed by atoms with Gasteiger partial charge in [0.1, 0.15) is 6.04 Å². The van der Waals surface area contributed by atoms with Crippen LogP contribution in [0.4, 0.5) is 0 Å². The molecule has 102 valence electrons. The fourth-order valence-electron chi connectivity index (χ4n) is 2.37. The van der Waals surface area contributed by atoms with E-state index in [4.69, 9.17) is 5.26 Å². The highest BCUT2D eigenvalue weighted by Gasteiger charge is 2.42. The van der Waals surface area contributed by atoms with Gasteiger partial charge in [0.05, 0.1) is 12.5 Å². The molecule has 1 fully saturated rings. The van der Waals surface area contributed by atoms with E-state index in [9.17, 15) is 4.79 Å². The van der Waals surface area contributed by atoms with Crippen molar-refractivity contribution in [2.75, 3.05) is 20.1 Å². The Balaban J connectivity index is 2.81. The molecule has 4 heteroatoms. The molecule has 1 rings (SSSR count). The maximum atomic E-state index is 12.4. The molecule has 1 aliphatic heterocycles. The summed E-state index contributed by atoms with van der Waals surface area (Å²) in [5, 5.41) is 8.88. The number of nitriles is 1. The zero-order chi connectivity index (χ0) is 13.9. The zero-order valence-corrected chi connectivity index (χ0v) is 12.2. The van der Waals surface area contributed by atoms with E-state index in [-0.39, 0.29) is 23.9 Å². The Morgan fingerprint density at radius 3 is 2.61 bits per heavy atom. The van der Waals surface area contributed by atoms with E-state index in [1.54, 1.807) is 0 Å². The molecule has 1 heterocycles. The van der Waals surface area contributed by atoms with E-state index >= 15 is 0 Å². The van der Waals surface area contributed by atoms with E-state index in [0.29, 0.717) is 5.92 Å². The highest BCUT2D eigenvalue weighted by molar-refractivity contribution is 5.83. The van der Waals surface area contributed by atoms with Crippen molar-refractivity contribution in [2.45, 2.75) is 52.1 Å². The highest BCUT2D eigenvalue weighted by Crippen LogP contribution is 2.26. The third-order valence-corrected chi connectivity index (χ3v) is 3.86. The minimum atomic E-state index is -0.286. The van der Waals surface area contributed by atoms with Crippen molar-refractivity contribution in [1.82, 2.24) is 9.80 Å². The van der Waals surface area contributed by atoms with Crippen molar-refractivity contribution < 1.29 is 4.79 Å². The summed E-state index contributed by atoms with van der Waals surface area (Å²) in [6, 6.07) is 1.85. The standard InChI is InChI=1S/C14H25N3O/c1-11(2)7-9-17-10-14(3,4)16(5)12(6-8-15)13(17)18/h11-12H,6-7,9-10H2,1-5H3. The quantitative estimate of drug-likeness (QED) is 0.766. The number of hydrogen-bond acceptors (Lipinski definition) is 3. The Hall–Kier alpha value is -1.08. The van der Waals surface area contributed by atoms with Gasteiger partial charge in [-0.05, 0) is 33.2 Å². The lowest BCUT2D eigenvalue weighted by molar-refractivity contribution is -0.148. The number of likely N-dealkylation sites (N-methyl/N-ethyl adjacent to an activating group) is 1. The van der Waals surface area contributed by atoms with Gasteiger partial charge in [-0.2, -0.15) is 5.26 Å². The van der Waals surface area contributed by atoms with Crippen LogP contribution in [0.1, 0.15) is 40.5 Å². The van der Waals surface area contributed by atoms with Gasteiger partial charge < -0.3 is 4.90 Å². The molecule has 1 amide bonds. The number of carbonyl (C=O) groups is 1. The largest absolute Gasteiger partial charge is 0.339 e. The summed E-state index contributed by atoms with van der Waals surface area (Å²) < 4.78 is 0. The van der Waals surface area contributed by atoms with Gasteiger partial charge in [0.15, 0.2) is 0 Å². The molecular formula is C14H25N3O. The van der Waals surface area contributed by atoms with Crippen molar-refractivity contribution in [3.63, 3.8) is 0 Å². The van der Waals surface area contributed by atoms with Gasteiger partial charge in [0, 0.05) is 18.6 Å². The minimum absolute atomic E-state index is 0.0631. The molecule has 4 nitrogen and oxygen atoms in total. The van der Waals surface area contributed by atoms with Gasteiger partial charge in [-0.15, -0.1) is 0 Å². The van der Waals surface area contributed by atoms with Crippen LogP contribution >= 0.6 is 0 Å². The highest BCUT2D eigenvalue weighted by atomic mass is 16.2. The molecule has 0 aromatic carbocycles. The molecular weight excluding hydrogens is 226 g/mol. The Kier molecular flexibility index (Phi) is 4.75. The number of hydrogen-bond donors (Lipinski definition) is 0. The Labute approximate surface area is 111 Å². The van der Waals surface area contributed by atoms with E-state index in [1.807, 2.05) is 16.8 Å². The van der Waals surface area contributed by atoms with E-state index in [1.165, 1.54) is 0 Å².